The Morgan fingerprint density at radius 3 is 1.24 bits per heavy atom. The van der Waals surface area contributed by atoms with Gasteiger partial charge >= 0.3 is 0 Å². The van der Waals surface area contributed by atoms with Gasteiger partial charge < -0.3 is 18.9 Å². The van der Waals surface area contributed by atoms with Gasteiger partial charge in [0.25, 0.3) is 0 Å². The molecule has 0 bridgehead atoms. The first-order valence-corrected chi connectivity index (χ1v) is 12.3. The standard InChI is InChI=1S/C26H40N4O4/c1-23-5-3-7-25(27-23)21-29-9-13-31-17-19-33-15-11-30(12-16-34-20-18-32-14-10-29)22-26-8-4-6-24(2)28-26/h3-8H,9-22H2,1-2H3. The maximum atomic E-state index is 5.83. The van der Waals surface area contributed by atoms with Crippen LogP contribution in [0, 0.1) is 13.8 Å². The Hall–Kier alpha value is -1.94. The molecule has 0 N–H and O–H groups in total. The molecule has 2 aromatic rings. The van der Waals surface area contributed by atoms with Crippen molar-refractivity contribution in [2.75, 3.05) is 79.0 Å². The molecule has 1 aliphatic heterocycles. The summed E-state index contributed by atoms with van der Waals surface area (Å²) < 4.78 is 23.3. The molecule has 0 aliphatic carbocycles. The van der Waals surface area contributed by atoms with Gasteiger partial charge in [-0.2, -0.15) is 0 Å². The molecule has 0 spiro atoms. The van der Waals surface area contributed by atoms with Gasteiger partial charge in [0.2, 0.25) is 0 Å². The molecule has 1 saturated heterocycles. The van der Waals surface area contributed by atoms with Crippen molar-refractivity contribution in [3.8, 4) is 0 Å². The van der Waals surface area contributed by atoms with Crippen LogP contribution in [0.15, 0.2) is 36.4 Å². The van der Waals surface area contributed by atoms with Gasteiger partial charge in [0.15, 0.2) is 0 Å². The van der Waals surface area contributed by atoms with E-state index in [1.165, 1.54) is 0 Å². The van der Waals surface area contributed by atoms with E-state index in [1.54, 1.807) is 0 Å². The molecule has 1 fully saturated rings. The van der Waals surface area contributed by atoms with Crippen LogP contribution < -0.4 is 0 Å². The summed E-state index contributed by atoms with van der Waals surface area (Å²) in [6.45, 7) is 13.9. The molecule has 8 heteroatoms. The van der Waals surface area contributed by atoms with Crippen molar-refractivity contribution in [3.05, 3.63) is 59.2 Å². The summed E-state index contributed by atoms with van der Waals surface area (Å²) in [7, 11) is 0. The molecule has 0 aromatic carbocycles. The lowest BCUT2D eigenvalue weighted by Gasteiger charge is -2.23. The molecule has 0 atom stereocenters. The Morgan fingerprint density at radius 1 is 0.559 bits per heavy atom. The predicted molar refractivity (Wildman–Crippen MR) is 132 cm³/mol. The molecule has 1 aliphatic rings. The van der Waals surface area contributed by atoms with Gasteiger partial charge in [-0.25, -0.2) is 0 Å². The number of aromatic nitrogens is 2. The zero-order chi connectivity index (χ0) is 23.8. The Balaban J connectivity index is 1.45. The molecular weight excluding hydrogens is 432 g/mol. The largest absolute Gasteiger partial charge is 0.378 e. The van der Waals surface area contributed by atoms with Crippen LogP contribution >= 0.6 is 0 Å². The first-order valence-electron chi connectivity index (χ1n) is 12.3. The zero-order valence-electron chi connectivity index (χ0n) is 20.8. The van der Waals surface area contributed by atoms with Gasteiger partial charge in [-0.05, 0) is 38.1 Å². The Labute approximate surface area is 204 Å². The molecule has 8 nitrogen and oxygen atoms in total. The highest BCUT2D eigenvalue weighted by Gasteiger charge is 2.10. The van der Waals surface area contributed by atoms with Crippen LogP contribution in [-0.2, 0) is 32.0 Å². The van der Waals surface area contributed by atoms with E-state index in [9.17, 15) is 0 Å². The molecule has 3 heterocycles. The van der Waals surface area contributed by atoms with Crippen LogP contribution in [0.5, 0.6) is 0 Å². The minimum Gasteiger partial charge on any atom is -0.378 e. The third-order valence-corrected chi connectivity index (χ3v) is 5.61. The quantitative estimate of drug-likeness (QED) is 0.672. The molecule has 0 amide bonds. The topological polar surface area (TPSA) is 69.2 Å². The van der Waals surface area contributed by atoms with Crippen LogP contribution in [0.4, 0.5) is 0 Å². The Kier molecular flexibility index (Phi) is 12.4. The molecule has 0 radical (unpaired) electrons. The third kappa shape index (κ3) is 11.0. The number of hydrogen-bond donors (Lipinski definition) is 0. The second kappa shape index (κ2) is 15.9. The van der Waals surface area contributed by atoms with E-state index in [0.717, 1.165) is 62.0 Å². The maximum Gasteiger partial charge on any atom is 0.0701 e. The Bertz CT molecular complexity index is 735. The molecule has 188 valence electrons. The monoisotopic (exact) mass is 472 g/mol. The summed E-state index contributed by atoms with van der Waals surface area (Å²) in [6.07, 6.45) is 0. The average Bonchev–Trinajstić information content (AvgIpc) is 2.81. The number of pyridine rings is 2. The summed E-state index contributed by atoms with van der Waals surface area (Å²) in [5.41, 5.74) is 4.21. The fraction of sp³-hybridized carbons (Fsp3) is 0.615. The number of aryl methyl sites for hydroxylation is 2. The fourth-order valence-electron chi connectivity index (χ4n) is 3.79. The molecule has 3 rings (SSSR count). The highest BCUT2D eigenvalue weighted by molar-refractivity contribution is 5.10. The highest BCUT2D eigenvalue weighted by Crippen LogP contribution is 2.05. The second-order valence-electron chi connectivity index (χ2n) is 8.54. The minimum atomic E-state index is 0.593. The smallest absolute Gasteiger partial charge is 0.0701 e. The van der Waals surface area contributed by atoms with Gasteiger partial charge in [0.1, 0.15) is 0 Å². The van der Waals surface area contributed by atoms with Crippen molar-refractivity contribution in [2.24, 2.45) is 0 Å². The Morgan fingerprint density at radius 2 is 0.912 bits per heavy atom. The lowest BCUT2D eigenvalue weighted by molar-refractivity contribution is 0.00598. The lowest BCUT2D eigenvalue weighted by Crippen LogP contribution is -2.33. The summed E-state index contributed by atoms with van der Waals surface area (Å²) in [4.78, 5) is 13.9. The molecule has 0 saturated carbocycles. The van der Waals surface area contributed by atoms with Gasteiger partial charge in [0, 0.05) is 50.7 Å². The van der Waals surface area contributed by atoms with Gasteiger partial charge in [0.05, 0.1) is 64.2 Å². The van der Waals surface area contributed by atoms with Crippen LogP contribution in [0.2, 0.25) is 0 Å². The van der Waals surface area contributed by atoms with E-state index in [1.807, 2.05) is 26.0 Å². The SMILES string of the molecule is Cc1cccc(CN2CCOCCOCCN(Cc3cccc(C)n3)CCOCCOCC2)n1. The number of rotatable bonds is 4. The van der Waals surface area contributed by atoms with Gasteiger partial charge in [-0.15, -0.1) is 0 Å². The van der Waals surface area contributed by atoms with Crippen LogP contribution in [-0.4, -0.2) is 98.8 Å². The normalized spacial score (nSPS) is 19.4. The zero-order valence-corrected chi connectivity index (χ0v) is 20.8. The van der Waals surface area contributed by atoms with E-state index >= 15 is 0 Å². The molecule has 2 aromatic heterocycles. The summed E-state index contributed by atoms with van der Waals surface area (Å²) in [5, 5.41) is 0. The predicted octanol–water partition coefficient (Wildman–Crippen LogP) is 2.48. The summed E-state index contributed by atoms with van der Waals surface area (Å²) in [5.74, 6) is 0. The van der Waals surface area contributed by atoms with Gasteiger partial charge in [-0.3, -0.25) is 19.8 Å². The molecule has 34 heavy (non-hydrogen) atoms. The van der Waals surface area contributed by atoms with E-state index in [-0.39, 0.29) is 0 Å². The van der Waals surface area contributed by atoms with E-state index in [2.05, 4.69) is 44.0 Å². The molecule has 0 unspecified atom stereocenters. The lowest BCUT2D eigenvalue weighted by atomic mass is 10.3. The van der Waals surface area contributed by atoms with Crippen LogP contribution in [0.3, 0.4) is 0 Å². The second-order valence-corrected chi connectivity index (χ2v) is 8.54. The van der Waals surface area contributed by atoms with Crippen molar-refractivity contribution in [1.29, 1.82) is 0 Å². The van der Waals surface area contributed by atoms with Crippen molar-refractivity contribution in [1.82, 2.24) is 19.8 Å². The van der Waals surface area contributed by atoms with Crippen molar-refractivity contribution < 1.29 is 18.9 Å². The number of ether oxygens (including phenoxy) is 4. The fourth-order valence-corrected chi connectivity index (χ4v) is 3.79. The van der Waals surface area contributed by atoms with Crippen molar-refractivity contribution in [2.45, 2.75) is 26.9 Å². The average molecular weight is 473 g/mol. The number of nitrogens with zero attached hydrogens (tertiary/aromatic N) is 4. The summed E-state index contributed by atoms with van der Waals surface area (Å²) in [6, 6.07) is 12.3. The third-order valence-electron chi connectivity index (χ3n) is 5.61. The molecular formula is C26H40N4O4. The van der Waals surface area contributed by atoms with Crippen LogP contribution in [0.25, 0.3) is 0 Å². The maximum absolute atomic E-state index is 5.83. The van der Waals surface area contributed by atoms with Crippen LogP contribution in [0.1, 0.15) is 22.8 Å². The van der Waals surface area contributed by atoms with E-state index in [4.69, 9.17) is 18.9 Å². The van der Waals surface area contributed by atoms with Gasteiger partial charge in [-0.1, -0.05) is 12.1 Å². The van der Waals surface area contributed by atoms with E-state index in [0.29, 0.717) is 52.9 Å². The first-order chi connectivity index (χ1) is 16.7. The first kappa shape index (κ1) is 26.7. The number of hydrogen-bond acceptors (Lipinski definition) is 8. The van der Waals surface area contributed by atoms with E-state index < -0.39 is 0 Å². The minimum absolute atomic E-state index is 0.593. The highest BCUT2D eigenvalue weighted by atomic mass is 16.5. The van der Waals surface area contributed by atoms with Crippen molar-refractivity contribution in [3.63, 3.8) is 0 Å². The summed E-state index contributed by atoms with van der Waals surface area (Å²) >= 11 is 0. The van der Waals surface area contributed by atoms with Crippen molar-refractivity contribution >= 4 is 0 Å².